The van der Waals surface area contributed by atoms with Crippen molar-refractivity contribution in [3.05, 3.63) is 0 Å². The molecule has 1 fully saturated rings. The number of nitrogens with one attached hydrogen (secondary N) is 1. The van der Waals surface area contributed by atoms with Gasteiger partial charge in [0.05, 0.1) is 25.7 Å². The summed E-state index contributed by atoms with van der Waals surface area (Å²) in [6.45, 7) is 5.12. The van der Waals surface area contributed by atoms with Crippen molar-refractivity contribution < 1.29 is 68.2 Å². The molecule has 1 saturated heterocycles. The summed E-state index contributed by atoms with van der Waals surface area (Å²) in [5, 5.41) is 41.5. The highest BCUT2D eigenvalue weighted by Crippen LogP contribution is 2.25. The van der Waals surface area contributed by atoms with Crippen LogP contribution in [0.3, 0.4) is 0 Å². The molecule has 0 aromatic carbocycles. The highest BCUT2D eigenvalue weighted by Gasteiger charge is 2.44. The van der Waals surface area contributed by atoms with Gasteiger partial charge in [-0.25, -0.2) is 0 Å². The number of rotatable bonds is 24. The van der Waals surface area contributed by atoms with Gasteiger partial charge in [-0.3, -0.25) is 24.2 Å². The lowest BCUT2D eigenvalue weighted by molar-refractivity contribution is -0.299. The lowest BCUT2D eigenvalue weighted by atomic mass is 9.97. The number of methoxy groups -OCH3 is 1. The fourth-order valence-corrected chi connectivity index (χ4v) is 5.27. The first kappa shape index (κ1) is 47.3. The van der Waals surface area contributed by atoms with Crippen LogP contribution in [-0.4, -0.2) is 188 Å². The van der Waals surface area contributed by atoms with Crippen LogP contribution in [-0.2, 0) is 47.8 Å². The first-order chi connectivity index (χ1) is 22.8. The largest absolute Gasteiger partial charge is 0.480 e. The van der Waals surface area contributed by atoms with Gasteiger partial charge >= 0.3 is 24.2 Å². The predicted molar refractivity (Wildman–Crippen MR) is 169 cm³/mol. The van der Waals surface area contributed by atoms with E-state index in [-0.39, 0.29) is 37.8 Å². The van der Waals surface area contributed by atoms with Crippen molar-refractivity contribution in [2.75, 3.05) is 91.7 Å². The van der Waals surface area contributed by atoms with Crippen LogP contribution in [0, 0.1) is 0 Å². The Morgan fingerprint density at radius 2 is 1.42 bits per heavy atom. The van der Waals surface area contributed by atoms with Gasteiger partial charge in [0.2, 0.25) is 5.91 Å². The van der Waals surface area contributed by atoms with E-state index in [0.717, 1.165) is 31.7 Å². The lowest BCUT2D eigenvalue weighted by Gasteiger charge is -2.41. The molecule has 1 aliphatic rings. The van der Waals surface area contributed by atoms with E-state index in [1.54, 1.807) is 28.6 Å². The molecule has 19 heteroatoms. The van der Waals surface area contributed by atoms with Crippen molar-refractivity contribution in [1.82, 2.24) is 20.0 Å². The number of likely N-dealkylation sites (N-methyl/N-ethyl adjacent to an activating group) is 2. The summed E-state index contributed by atoms with van der Waals surface area (Å²) in [5.41, 5.74) is 0. The first-order valence-electron chi connectivity index (χ1n) is 15.3. The van der Waals surface area contributed by atoms with Crippen LogP contribution >= 0.6 is 11.8 Å². The number of aliphatic hydroxyl groups excluding tert-OH is 2. The third-order valence-electron chi connectivity index (χ3n) is 6.85. The van der Waals surface area contributed by atoms with Gasteiger partial charge in [-0.2, -0.15) is 30.9 Å². The van der Waals surface area contributed by atoms with Crippen molar-refractivity contribution >= 4 is 41.9 Å². The molecule has 1 aliphatic heterocycles. The second-order valence-electron chi connectivity index (χ2n) is 10.7. The number of aliphatic carboxylic acids is 2. The topological polar surface area (TPSA) is 250 Å². The first-order valence-corrected chi connectivity index (χ1v) is 16.5. The van der Waals surface area contributed by atoms with Gasteiger partial charge < -0.3 is 44.9 Å². The molecule has 0 bridgehead atoms. The quantitative estimate of drug-likeness (QED) is 0.0683. The number of carbonyl (C=O) groups is 3. The highest BCUT2D eigenvalue weighted by molar-refractivity contribution is 7.99. The van der Waals surface area contributed by atoms with Gasteiger partial charge in [0.25, 0.3) is 0 Å². The van der Waals surface area contributed by atoms with Crippen LogP contribution in [0.4, 0.5) is 0 Å². The molecule has 48 heavy (non-hydrogen) atoms. The molecule has 5 atom stereocenters. The van der Waals surface area contributed by atoms with Gasteiger partial charge in [-0.05, 0) is 58.6 Å². The molecule has 1 rings (SSSR count). The molecule has 2 unspecified atom stereocenters. The number of hydrogen-bond acceptors (Lipinski definition) is 16. The number of unbranched alkanes of at least 4 members (excludes halogenated alkanes) is 1. The smallest absolute Gasteiger partial charge is 0.373 e. The van der Waals surface area contributed by atoms with Gasteiger partial charge in [0.1, 0.15) is 18.3 Å². The zero-order chi connectivity index (χ0) is 36.9. The summed E-state index contributed by atoms with van der Waals surface area (Å²) in [6.07, 6.45) is -0.840. The van der Waals surface area contributed by atoms with Gasteiger partial charge in [-0.15, -0.1) is 0 Å². The fraction of sp³-hybridized carbons (Fsp3) is 0.828. The van der Waals surface area contributed by atoms with E-state index in [9.17, 15) is 29.7 Å². The summed E-state index contributed by atoms with van der Waals surface area (Å²) < 4.78 is 16.7. The molecule has 0 spiro atoms. The molecule has 0 aromatic rings. The van der Waals surface area contributed by atoms with Gasteiger partial charge in [-0.1, -0.05) is 6.92 Å². The Labute approximate surface area is 285 Å². The second-order valence-corrected chi connectivity index (χ2v) is 12.0. The van der Waals surface area contributed by atoms with Gasteiger partial charge in [0, 0.05) is 39.1 Å². The second kappa shape index (κ2) is 30.3. The minimum absolute atomic E-state index is 0.00229. The molecule has 1 amide bonds. The molecule has 0 radical (unpaired) electrons. The zero-order valence-corrected chi connectivity index (χ0v) is 28.9. The van der Waals surface area contributed by atoms with Crippen LogP contribution in [0.5, 0.6) is 0 Å². The number of carboxylic acid groups (broad SMARTS) is 2. The maximum atomic E-state index is 12.4. The van der Waals surface area contributed by atoms with Crippen molar-refractivity contribution in [3.63, 3.8) is 0 Å². The van der Waals surface area contributed by atoms with E-state index >= 15 is 0 Å². The number of ether oxygens (including phenoxy) is 3. The van der Waals surface area contributed by atoms with Crippen molar-refractivity contribution in [2.45, 2.75) is 63.3 Å². The Hall–Kier alpha value is -2.80. The molecular weight excluding hydrogens is 660 g/mol. The Morgan fingerprint density at radius 1 is 0.833 bits per heavy atom. The van der Waals surface area contributed by atoms with E-state index in [4.69, 9.17) is 38.5 Å². The van der Waals surface area contributed by atoms with Crippen LogP contribution in [0.2, 0.25) is 0 Å². The number of hydrogen-bond donors (Lipinski definition) is 5. The molecule has 0 aliphatic carbocycles. The average Bonchev–Trinajstić information content (AvgIpc) is 3.01. The van der Waals surface area contributed by atoms with Crippen molar-refractivity contribution in [1.29, 1.82) is 0 Å². The maximum absolute atomic E-state index is 12.4. The minimum Gasteiger partial charge on any atom is -0.480 e. The zero-order valence-electron chi connectivity index (χ0n) is 28.1. The third kappa shape index (κ3) is 24.4. The van der Waals surface area contributed by atoms with Crippen LogP contribution in [0.25, 0.3) is 0 Å². The molecule has 1 heterocycles. The molecular formula is C29H52N4O14S. The summed E-state index contributed by atoms with van der Waals surface area (Å²) in [6, 6.07) is 0. The minimum atomic E-state index is -1.09. The molecule has 278 valence electrons. The predicted octanol–water partition coefficient (Wildman–Crippen LogP) is -1.94. The van der Waals surface area contributed by atoms with E-state index in [2.05, 4.69) is 10.2 Å². The number of nitrogens with zero attached hydrogens (tertiary/aromatic N) is 3. The van der Waals surface area contributed by atoms with Crippen molar-refractivity contribution in [3.8, 4) is 0 Å². The third-order valence-corrected chi connectivity index (χ3v) is 7.92. The normalized spacial score (nSPS) is 20.1. The maximum Gasteiger partial charge on any atom is 0.373 e. The number of aliphatic hydroxyl groups is 2. The highest BCUT2D eigenvalue weighted by atomic mass is 32.2. The van der Waals surface area contributed by atoms with E-state index in [1.165, 1.54) is 7.11 Å². The Balaban J connectivity index is 0. The van der Waals surface area contributed by atoms with Crippen LogP contribution in [0.15, 0.2) is 0 Å². The fourth-order valence-electron chi connectivity index (χ4n) is 4.50. The number of thioether (sulfide) groups is 1. The van der Waals surface area contributed by atoms with Gasteiger partial charge in [0.15, 0.2) is 6.29 Å². The summed E-state index contributed by atoms with van der Waals surface area (Å²) >= 11 is 1.64. The summed E-state index contributed by atoms with van der Waals surface area (Å²) in [5.74, 6) is -0.607. The Morgan fingerprint density at radius 3 is 1.98 bits per heavy atom. The molecule has 0 saturated carbocycles. The van der Waals surface area contributed by atoms with Crippen LogP contribution in [0.1, 0.15) is 32.6 Å². The molecule has 18 nitrogen and oxygen atoms in total. The number of amides is 1. The number of carboxylic acids is 2. The van der Waals surface area contributed by atoms with E-state index < -0.39 is 42.6 Å². The summed E-state index contributed by atoms with van der Waals surface area (Å²) in [7, 11) is 5.19. The SMILES string of the molecule is CCC1O[C@H](OC)C(OCCCSCCNC(=O)CN(CCCCN(C)CCN(C)CC(=O)O)CC(=O)O)[C@@H](O)[C@@H]1O.O=C=O.O=C=O. The van der Waals surface area contributed by atoms with E-state index in [0.29, 0.717) is 44.8 Å². The van der Waals surface area contributed by atoms with Crippen molar-refractivity contribution in [2.24, 2.45) is 0 Å². The molecule has 5 N–H and O–H groups in total. The monoisotopic (exact) mass is 712 g/mol. The Bertz CT molecular complexity index is 939. The Kier molecular flexibility index (Phi) is 29.8. The van der Waals surface area contributed by atoms with E-state index in [1.807, 2.05) is 14.0 Å². The summed E-state index contributed by atoms with van der Waals surface area (Å²) in [4.78, 5) is 72.3. The lowest BCUT2D eigenvalue weighted by Crippen LogP contribution is -2.58. The standard InChI is InChI=1S/C27H52N4O10S.2CO2/c1-5-20-24(37)25(38)26(27(39-4)41-20)40-14-8-15-42-16-9-28-21(32)17-31(19-23(35)36)11-7-6-10-29(2)12-13-30(3)18-22(33)34;2*2-1-3/h20,24-27,37-38H,5-19H2,1-4H3,(H,28,32)(H,33,34)(H,35,36);;/t20?,24-,25+,26?,27+;;/m1../s1. The number of carbonyl (C=O) groups excluding carboxylic acids is 5. The average molecular weight is 713 g/mol. The van der Waals surface area contributed by atoms with Crippen LogP contribution < -0.4 is 5.32 Å². The molecule has 0 aromatic heterocycles.